The van der Waals surface area contributed by atoms with E-state index in [1.807, 2.05) is 0 Å². The Morgan fingerprint density at radius 1 is 1.39 bits per heavy atom. The summed E-state index contributed by atoms with van der Waals surface area (Å²) in [6, 6.07) is 0. The fraction of sp³-hybridized carbons (Fsp3) is 0.400. The van der Waals surface area contributed by atoms with Crippen LogP contribution in [0.15, 0.2) is 6.20 Å². The number of hydrogen-bond donors (Lipinski definition) is 0. The van der Waals surface area contributed by atoms with E-state index in [1.54, 1.807) is 0 Å². The molecule has 0 amide bonds. The van der Waals surface area contributed by atoms with Crippen LogP contribution in [-0.2, 0) is 15.7 Å². The number of nitrogens with zero attached hydrogens (tertiary/aromatic N) is 2. The number of rotatable bonds is 3. The molecule has 0 fully saturated rings. The standard InChI is InChI=1S/C10H9F3N2O3/c1-5-14-4-6(7(16)3-8(17)18-2)9(15-5)10(11,12)13/h4H,3H2,1-2H3. The third-order valence-corrected chi connectivity index (χ3v) is 2.01. The molecular weight excluding hydrogens is 253 g/mol. The number of aryl methyl sites for hydroxylation is 1. The van der Waals surface area contributed by atoms with Gasteiger partial charge in [0.2, 0.25) is 0 Å². The monoisotopic (exact) mass is 262 g/mol. The summed E-state index contributed by atoms with van der Waals surface area (Å²) in [6.45, 7) is 1.27. The lowest BCUT2D eigenvalue weighted by atomic mass is 10.1. The second kappa shape index (κ2) is 5.11. The molecule has 5 nitrogen and oxygen atoms in total. The second-order valence-electron chi connectivity index (χ2n) is 3.35. The van der Waals surface area contributed by atoms with Crippen molar-refractivity contribution in [3.8, 4) is 0 Å². The van der Waals surface area contributed by atoms with E-state index in [0.717, 1.165) is 13.3 Å². The predicted molar refractivity (Wildman–Crippen MR) is 52.7 cm³/mol. The van der Waals surface area contributed by atoms with Crippen molar-refractivity contribution >= 4 is 11.8 Å². The molecule has 0 saturated heterocycles. The van der Waals surface area contributed by atoms with Crippen LogP contribution in [0.25, 0.3) is 0 Å². The fourth-order valence-electron chi connectivity index (χ4n) is 1.19. The van der Waals surface area contributed by atoms with Crippen molar-refractivity contribution in [2.24, 2.45) is 0 Å². The van der Waals surface area contributed by atoms with Gasteiger partial charge in [-0.15, -0.1) is 0 Å². The molecular formula is C10H9F3N2O3. The van der Waals surface area contributed by atoms with E-state index in [0.29, 0.717) is 0 Å². The highest BCUT2D eigenvalue weighted by Gasteiger charge is 2.38. The van der Waals surface area contributed by atoms with Crippen molar-refractivity contribution in [1.82, 2.24) is 9.97 Å². The lowest BCUT2D eigenvalue weighted by molar-refractivity contribution is -0.142. The number of carbonyl (C=O) groups is 2. The van der Waals surface area contributed by atoms with Crippen LogP contribution in [0.5, 0.6) is 0 Å². The number of hydrogen-bond acceptors (Lipinski definition) is 5. The lowest BCUT2D eigenvalue weighted by Crippen LogP contribution is -2.19. The Kier molecular flexibility index (Phi) is 4.00. The second-order valence-corrected chi connectivity index (χ2v) is 3.35. The first-order chi connectivity index (χ1) is 8.25. The summed E-state index contributed by atoms with van der Waals surface area (Å²) in [4.78, 5) is 29.1. The Bertz CT molecular complexity index is 486. The van der Waals surface area contributed by atoms with Gasteiger partial charge in [0.15, 0.2) is 11.5 Å². The molecule has 0 spiro atoms. The molecule has 0 radical (unpaired) electrons. The molecule has 0 bridgehead atoms. The van der Waals surface area contributed by atoms with Gasteiger partial charge in [0, 0.05) is 6.20 Å². The number of alkyl halides is 3. The van der Waals surface area contributed by atoms with Crippen molar-refractivity contribution in [2.45, 2.75) is 19.5 Å². The Labute approximate surface area is 100.0 Å². The predicted octanol–water partition coefficient (Wildman–Crippen LogP) is 1.55. The van der Waals surface area contributed by atoms with Gasteiger partial charge in [0.05, 0.1) is 12.7 Å². The molecule has 0 aliphatic rings. The maximum absolute atomic E-state index is 12.6. The van der Waals surface area contributed by atoms with E-state index in [4.69, 9.17) is 0 Å². The van der Waals surface area contributed by atoms with Crippen LogP contribution in [0.2, 0.25) is 0 Å². The van der Waals surface area contributed by atoms with Gasteiger partial charge in [-0.3, -0.25) is 9.59 Å². The minimum Gasteiger partial charge on any atom is -0.469 e. The largest absolute Gasteiger partial charge is 0.469 e. The summed E-state index contributed by atoms with van der Waals surface area (Å²) >= 11 is 0. The Balaban J connectivity index is 3.16. The molecule has 0 aliphatic heterocycles. The summed E-state index contributed by atoms with van der Waals surface area (Å²) < 4.78 is 42.2. The Morgan fingerprint density at radius 2 is 2.00 bits per heavy atom. The van der Waals surface area contributed by atoms with Crippen LogP contribution in [0.1, 0.15) is 28.3 Å². The van der Waals surface area contributed by atoms with Crippen LogP contribution in [-0.4, -0.2) is 28.8 Å². The van der Waals surface area contributed by atoms with Crippen LogP contribution >= 0.6 is 0 Å². The zero-order valence-electron chi connectivity index (χ0n) is 9.54. The Hall–Kier alpha value is -1.99. The number of ketones is 1. The summed E-state index contributed by atoms with van der Waals surface area (Å²) in [7, 11) is 1.03. The summed E-state index contributed by atoms with van der Waals surface area (Å²) in [5.41, 5.74) is -2.08. The van der Waals surface area contributed by atoms with Gasteiger partial charge in [-0.25, -0.2) is 9.97 Å². The number of methoxy groups -OCH3 is 1. The number of halogens is 3. The molecule has 1 rings (SSSR count). The zero-order chi connectivity index (χ0) is 13.9. The van der Waals surface area contributed by atoms with Crippen LogP contribution in [0.4, 0.5) is 13.2 Å². The molecule has 0 N–H and O–H groups in total. The van der Waals surface area contributed by atoms with Gasteiger partial charge in [-0.05, 0) is 6.92 Å². The average molecular weight is 262 g/mol. The van der Waals surface area contributed by atoms with Crippen LogP contribution < -0.4 is 0 Å². The normalized spacial score (nSPS) is 11.2. The summed E-state index contributed by atoms with van der Waals surface area (Å²) in [6.07, 6.45) is -4.81. The number of Topliss-reactive ketones (excluding diaryl/α,β-unsaturated/α-hetero) is 1. The quantitative estimate of drug-likeness (QED) is 0.469. The van der Waals surface area contributed by atoms with Gasteiger partial charge in [0.25, 0.3) is 0 Å². The van der Waals surface area contributed by atoms with Gasteiger partial charge >= 0.3 is 12.1 Å². The SMILES string of the molecule is COC(=O)CC(=O)c1cnc(C)nc1C(F)(F)F. The van der Waals surface area contributed by atoms with Crippen LogP contribution in [0, 0.1) is 6.92 Å². The van der Waals surface area contributed by atoms with Gasteiger partial charge in [-0.2, -0.15) is 13.2 Å². The first-order valence-corrected chi connectivity index (χ1v) is 4.76. The maximum Gasteiger partial charge on any atom is 0.434 e. The summed E-state index contributed by atoms with van der Waals surface area (Å²) in [5, 5.41) is 0. The van der Waals surface area contributed by atoms with Crippen molar-refractivity contribution in [3.05, 3.63) is 23.3 Å². The molecule has 0 atom stereocenters. The highest BCUT2D eigenvalue weighted by atomic mass is 19.4. The molecule has 1 aromatic heterocycles. The summed E-state index contributed by atoms with van der Waals surface area (Å²) in [5.74, 6) is -2.07. The van der Waals surface area contributed by atoms with E-state index < -0.39 is 35.6 Å². The van der Waals surface area contributed by atoms with E-state index in [1.165, 1.54) is 6.92 Å². The van der Waals surface area contributed by atoms with Crippen molar-refractivity contribution in [1.29, 1.82) is 0 Å². The molecule has 0 unspecified atom stereocenters. The van der Waals surface area contributed by atoms with Crippen molar-refractivity contribution in [2.75, 3.05) is 7.11 Å². The number of aromatic nitrogens is 2. The molecule has 0 aromatic carbocycles. The maximum atomic E-state index is 12.6. The highest BCUT2D eigenvalue weighted by molar-refractivity contribution is 6.06. The van der Waals surface area contributed by atoms with E-state index in [2.05, 4.69) is 14.7 Å². The van der Waals surface area contributed by atoms with Gasteiger partial charge < -0.3 is 4.74 Å². The van der Waals surface area contributed by atoms with Gasteiger partial charge in [0.1, 0.15) is 12.2 Å². The van der Waals surface area contributed by atoms with Crippen molar-refractivity contribution < 1.29 is 27.5 Å². The number of esters is 1. The number of carbonyl (C=O) groups excluding carboxylic acids is 2. The fourth-order valence-corrected chi connectivity index (χ4v) is 1.19. The van der Waals surface area contributed by atoms with Crippen molar-refractivity contribution in [3.63, 3.8) is 0 Å². The molecule has 18 heavy (non-hydrogen) atoms. The average Bonchev–Trinajstić information content (AvgIpc) is 2.27. The van der Waals surface area contributed by atoms with Gasteiger partial charge in [-0.1, -0.05) is 0 Å². The smallest absolute Gasteiger partial charge is 0.434 e. The third-order valence-electron chi connectivity index (χ3n) is 2.01. The first kappa shape index (κ1) is 14.1. The van der Waals surface area contributed by atoms with E-state index in [9.17, 15) is 22.8 Å². The first-order valence-electron chi connectivity index (χ1n) is 4.76. The topological polar surface area (TPSA) is 69.2 Å². The third kappa shape index (κ3) is 3.25. The zero-order valence-corrected chi connectivity index (χ0v) is 9.54. The lowest BCUT2D eigenvalue weighted by Gasteiger charge is -2.10. The molecule has 0 saturated carbocycles. The molecule has 1 heterocycles. The van der Waals surface area contributed by atoms with E-state index in [-0.39, 0.29) is 5.82 Å². The molecule has 8 heteroatoms. The minimum atomic E-state index is -4.78. The van der Waals surface area contributed by atoms with Crippen LogP contribution in [0.3, 0.4) is 0 Å². The minimum absolute atomic E-state index is 0.114. The number of ether oxygens (including phenoxy) is 1. The molecule has 0 aliphatic carbocycles. The molecule has 98 valence electrons. The van der Waals surface area contributed by atoms with E-state index >= 15 is 0 Å². The molecule has 1 aromatic rings. The Morgan fingerprint density at radius 3 is 2.50 bits per heavy atom. The highest BCUT2D eigenvalue weighted by Crippen LogP contribution is 2.30.